The molecule has 36 heavy (non-hydrogen) atoms. The highest BCUT2D eigenvalue weighted by atomic mass is 35.5. The number of rotatable bonds is 11. The number of carbonyl (C=O) groups excluding carboxylic acids is 3. The van der Waals surface area contributed by atoms with E-state index in [1.54, 1.807) is 35.9 Å². The molecule has 12 heteroatoms. The first-order chi connectivity index (χ1) is 17.2. The molecule has 3 amide bonds. The average molecular weight is 552 g/mol. The van der Waals surface area contributed by atoms with Gasteiger partial charge < -0.3 is 25.5 Å². The van der Waals surface area contributed by atoms with E-state index >= 15 is 0 Å². The summed E-state index contributed by atoms with van der Waals surface area (Å²) in [5, 5.41) is 18.7. The number of nitrogens with one attached hydrogen (secondary N) is 3. The van der Waals surface area contributed by atoms with Crippen LogP contribution in [0.4, 0.5) is 0 Å². The lowest BCUT2D eigenvalue weighted by atomic mass is 10.0. The maximum Gasteiger partial charge on any atom is 0.328 e. The van der Waals surface area contributed by atoms with E-state index in [1.807, 2.05) is 6.92 Å². The zero-order valence-electron chi connectivity index (χ0n) is 19.0. The Balaban J connectivity index is 1.58. The first-order valence-corrected chi connectivity index (χ1v) is 12.4. The molecule has 0 aliphatic heterocycles. The molecule has 0 bridgehead atoms. The Labute approximate surface area is 220 Å². The van der Waals surface area contributed by atoms with Crippen molar-refractivity contribution in [1.29, 1.82) is 0 Å². The maximum atomic E-state index is 12.8. The van der Waals surface area contributed by atoms with E-state index in [0.717, 1.165) is 0 Å². The largest absolute Gasteiger partial charge is 0.480 e. The summed E-state index contributed by atoms with van der Waals surface area (Å²) in [5.74, 6) is -2.21. The molecule has 2 unspecified atom stereocenters. The van der Waals surface area contributed by atoms with Crippen LogP contribution >= 0.6 is 34.5 Å². The topological polar surface area (TPSA) is 138 Å². The molecule has 0 aliphatic carbocycles. The second kappa shape index (κ2) is 12.6. The van der Waals surface area contributed by atoms with Crippen molar-refractivity contribution >= 4 is 58.2 Å². The quantitative estimate of drug-likeness (QED) is 0.283. The Morgan fingerprint density at radius 1 is 1.06 bits per heavy atom. The highest BCUT2D eigenvalue weighted by molar-refractivity contribution is 7.12. The minimum atomic E-state index is -1.41. The number of thiophene rings is 1. The molecule has 3 rings (SSSR count). The van der Waals surface area contributed by atoms with E-state index in [9.17, 15) is 24.3 Å². The summed E-state index contributed by atoms with van der Waals surface area (Å²) in [4.78, 5) is 49.1. The molecular weight excluding hydrogens is 529 g/mol. The Kier molecular flexibility index (Phi) is 9.51. The minimum absolute atomic E-state index is 0.0139. The van der Waals surface area contributed by atoms with Crippen molar-refractivity contribution < 1.29 is 28.7 Å². The number of carboxylic acid groups (broad SMARTS) is 1. The molecule has 1 aromatic carbocycles. The summed E-state index contributed by atoms with van der Waals surface area (Å²) in [6.45, 7) is 1.66. The number of hydrogen-bond donors (Lipinski definition) is 4. The molecule has 9 nitrogen and oxygen atoms in total. The second-order valence-electron chi connectivity index (χ2n) is 7.88. The lowest BCUT2D eigenvalue weighted by Crippen LogP contribution is -2.48. The van der Waals surface area contributed by atoms with Crippen LogP contribution in [0.25, 0.3) is 0 Å². The smallest absolute Gasteiger partial charge is 0.328 e. The highest BCUT2D eigenvalue weighted by Crippen LogP contribution is 2.27. The Bertz CT molecular complexity index is 1210. The van der Waals surface area contributed by atoms with Gasteiger partial charge in [0.2, 0.25) is 5.91 Å². The van der Waals surface area contributed by atoms with Gasteiger partial charge in [-0.3, -0.25) is 14.4 Å². The molecular formula is C24H23Cl2N3O6S. The van der Waals surface area contributed by atoms with Crippen LogP contribution in [-0.2, 0) is 16.1 Å². The third kappa shape index (κ3) is 7.33. The van der Waals surface area contributed by atoms with Crippen molar-refractivity contribution in [3.63, 3.8) is 0 Å². The molecule has 2 heterocycles. The fraction of sp³-hybridized carbons (Fsp3) is 0.250. The third-order valence-electron chi connectivity index (χ3n) is 5.15. The van der Waals surface area contributed by atoms with Gasteiger partial charge in [0.15, 0.2) is 0 Å². The standard InChI is InChI=1S/C24H23Cl2N3O6S/c1-13(18-4-2-6-35-18)8-20(30)27-11-14-9-15(25)21(16(26)10-14)23(32)29-17(24(33)34)12-28-22(31)19-5-3-7-36-19/h2-7,9-10,13,17H,8,11-12H2,1H3,(H,27,30)(H,28,31)(H,29,32)(H,33,34). The SMILES string of the molecule is CC(CC(=O)NCc1cc(Cl)c(C(=O)NC(CNC(=O)c2cccs2)C(=O)O)c(Cl)c1)c1ccco1. The molecule has 4 N–H and O–H groups in total. The Hall–Kier alpha value is -3.34. The fourth-order valence-corrected chi connectivity index (χ4v) is 4.63. The Morgan fingerprint density at radius 2 is 1.78 bits per heavy atom. The van der Waals surface area contributed by atoms with E-state index in [0.29, 0.717) is 16.2 Å². The first kappa shape index (κ1) is 27.3. The van der Waals surface area contributed by atoms with Gasteiger partial charge in [-0.25, -0.2) is 4.79 Å². The van der Waals surface area contributed by atoms with Crippen LogP contribution < -0.4 is 16.0 Å². The molecule has 0 radical (unpaired) electrons. The van der Waals surface area contributed by atoms with Crippen LogP contribution in [0.5, 0.6) is 0 Å². The molecule has 0 fully saturated rings. The van der Waals surface area contributed by atoms with Crippen LogP contribution in [-0.4, -0.2) is 41.4 Å². The predicted molar refractivity (Wildman–Crippen MR) is 136 cm³/mol. The normalized spacial score (nSPS) is 12.4. The molecule has 190 valence electrons. The molecule has 2 atom stereocenters. The van der Waals surface area contributed by atoms with E-state index in [4.69, 9.17) is 27.6 Å². The van der Waals surface area contributed by atoms with Gasteiger partial charge in [-0.15, -0.1) is 11.3 Å². The molecule has 3 aromatic rings. The van der Waals surface area contributed by atoms with Gasteiger partial charge in [0.1, 0.15) is 11.8 Å². The van der Waals surface area contributed by atoms with Crippen molar-refractivity contribution in [3.8, 4) is 0 Å². The number of carboxylic acids is 1. The minimum Gasteiger partial charge on any atom is -0.480 e. The third-order valence-corrected chi connectivity index (χ3v) is 6.62. The number of aliphatic carboxylic acids is 1. The number of amides is 3. The van der Waals surface area contributed by atoms with Crippen molar-refractivity contribution in [2.24, 2.45) is 0 Å². The van der Waals surface area contributed by atoms with Crippen LogP contribution in [0.15, 0.2) is 52.5 Å². The molecule has 0 spiro atoms. The number of benzene rings is 1. The summed E-state index contributed by atoms with van der Waals surface area (Å²) in [6, 6.07) is 8.36. The Morgan fingerprint density at radius 3 is 2.36 bits per heavy atom. The predicted octanol–water partition coefficient (Wildman–Crippen LogP) is 4.07. The fourth-order valence-electron chi connectivity index (χ4n) is 3.29. The van der Waals surface area contributed by atoms with Gasteiger partial charge in [0.25, 0.3) is 11.8 Å². The summed E-state index contributed by atoms with van der Waals surface area (Å²) >= 11 is 13.7. The second-order valence-corrected chi connectivity index (χ2v) is 9.65. The first-order valence-electron chi connectivity index (χ1n) is 10.8. The lowest BCUT2D eigenvalue weighted by molar-refractivity contribution is -0.139. The van der Waals surface area contributed by atoms with Crippen LogP contribution in [0.3, 0.4) is 0 Å². The lowest BCUT2D eigenvalue weighted by Gasteiger charge is -2.17. The summed E-state index contributed by atoms with van der Waals surface area (Å²) < 4.78 is 5.30. The highest BCUT2D eigenvalue weighted by Gasteiger charge is 2.25. The number of hydrogen-bond acceptors (Lipinski definition) is 6. The van der Waals surface area contributed by atoms with E-state index in [-0.39, 0.29) is 46.9 Å². The van der Waals surface area contributed by atoms with Crippen LogP contribution in [0.2, 0.25) is 10.0 Å². The zero-order valence-corrected chi connectivity index (χ0v) is 21.4. The van der Waals surface area contributed by atoms with Gasteiger partial charge in [-0.05, 0) is 41.3 Å². The number of furan rings is 1. The molecule has 0 aliphatic rings. The van der Waals surface area contributed by atoms with Gasteiger partial charge >= 0.3 is 5.97 Å². The van der Waals surface area contributed by atoms with Gasteiger partial charge in [-0.1, -0.05) is 36.2 Å². The van der Waals surface area contributed by atoms with E-state index in [1.165, 1.54) is 23.5 Å². The van der Waals surface area contributed by atoms with Crippen molar-refractivity contribution in [2.45, 2.75) is 31.8 Å². The van der Waals surface area contributed by atoms with Gasteiger partial charge in [0.05, 0.1) is 26.7 Å². The van der Waals surface area contributed by atoms with Gasteiger partial charge in [-0.2, -0.15) is 0 Å². The number of carbonyl (C=O) groups is 4. The maximum absolute atomic E-state index is 12.8. The monoisotopic (exact) mass is 551 g/mol. The molecule has 2 aromatic heterocycles. The summed E-state index contributed by atoms with van der Waals surface area (Å²) in [6.07, 6.45) is 1.76. The summed E-state index contributed by atoms with van der Waals surface area (Å²) in [5.41, 5.74) is 0.439. The number of halogens is 2. The van der Waals surface area contributed by atoms with Crippen LogP contribution in [0, 0.1) is 0 Å². The van der Waals surface area contributed by atoms with Crippen molar-refractivity contribution in [3.05, 3.63) is 79.9 Å². The van der Waals surface area contributed by atoms with Crippen molar-refractivity contribution in [1.82, 2.24) is 16.0 Å². The summed E-state index contributed by atoms with van der Waals surface area (Å²) in [7, 11) is 0. The zero-order chi connectivity index (χ0) is 26.2. The van der Waals surface area contributed by atoms with Crippen LogP contribution in [0.1, 0.15) is 50.6 Å². The van der Waals surface area contributed by atoms with E-state index < -0.39 is 23.8 Å². The molecule has 0 saturated heterocycles. The van der Waals surface area contributed by atoms with Crippen molar-refractivity contribution in [2.75, 3.05) is 6.54 Å². The van der Waals surface area contributed by atoms with E-state index in [2.05, 4.69) is 16.0 Å². The average Bonchev–Trinajstić information content (AvgIpc) is 3.54. The van der Waals surface area contributed by atoms with Gasteiger partial charge in [0, 0.05) is 25.4 Å². The molecule has 0 saturated carbocycles.